The van der Waals surface area contributed by atoms with Crippen LogP contribution < -0.4 is 10.1 Å². The molecule has 1 rings (SSSR count). The predicted octanol–water partition coefficient (Wildman–Crippen LogP) is 1.65. The van der Waals surface area contributed by atoms with E-state index in [0.717, 1.165) is 6.42 Å². The average Bonchev–Trinajstić information content (AvgIpc) is 2.37. The highest BCUT2D eigenvalue weighted by atomic mass is 35.5. The summed E-state index contributed by atoms with van der Waals surface area (Å²) in [5.41, 5.74) is 0. The van der Waals surface area contributed by atoms with Crippen molar-refractivity contribution in [2.45, 2.75) is 19.4 Å². The smallest absolute Gasteiger partial charge is 0.260 e. The van der Waals surface area contributed by atoms with Crippen LogP contribution >= 0.6 is 11.6 Å². The average molecular weight is 273 g/mol. The topological polar surface area (TPSA) is 60.5 Å². The molecule has 0 aliphatic heterocycles. The largest absolute Gasteiger partial charge is 0.479 e. The van der Waals surface area contributed by atoms with Crippen molar-refractivity contribution in [2.75, 3.05) is 20.3 Å². The number of methoxy groups -OCH3 is 1. The van der Waals surface area contributed by atoms with Crippen molar-refractivity contribution in [3.8, 4) is 5.75 Å². The minimum Gasteiger partial charge on any atom is -0.479 e. The van der Waals surface area contributed by atoms with E-state index in [1.807, 2.05) is 0 Å². The third-order valence-electron chi connectivity index (χ3n) is 2.21. The number of carbonyl (C=O) groups is 1. The van der Waals surface area contributed by atoms with Gasteiger partial charge < -0.3 is 14.8 Å². The summed E-state index contributed by atoms with van der Waals surface area (Å²) in [4.78, 5) is 15.5. The summed E-state index contributed by atoms with van der Waals surface area (Å²) in [7, 11) is 1.63. The van der Waals surface area contributed by atoms with Gasteiger partial charge >= 0.3 is 0 Å². The second kappa shape index (κ2) is 7.89. The molecule has 100 valence electrons. The van der Waals surface area contributed by atoms with Crippen LogP contribution in [0.4, 0.5) is 0 Å². The van der Waals surface area contributed by atoms with Crippen LogP contribution in [0.5, 0.6) is 5.75 Å². The highest BCUT2D eigenvalue weighted by molar-refractivity contribution is 6.29. The van der Waals surface area contributed by atoms with Gasteiger partial charge in [-0.05, 0) is 25.5 Å². The van der Waals surface area contributed by atoms with E-state index in [0.29, 0.717) is 24.1 Å². The highest BCUT2D eigenvalue weighted by Gasteiger charge is 2.13. The lowest BCUT2D eigenvalue weighted by atomic mass is 10.3. The van der Waals surface area contributed by atoms with E-state index in [1.165, 1.54) is 6.20 Å². The third-order valence-corrected chi connectivity index (χ3v) is 2.43. The van der Waals surface area contributed by atoms with Gasteiger partial charge in [0.15, 0.2) is 6.10 Å². The van der Waals surface area contributed by atoms with Gasteiger partial charge in [-0.1, -0.05) is 11.6 Å². The van der Waals surface area contributed by atoms with Crippen molar-refractivity contribution in [1.29, 1.82) is 0 Å². The molecule has 6 heteroatoms. The molecule has 1 N–H and O–H groups in total. The van der Waals surface area contributed by atoms with Gasteiger partial charge in [0.25, 0.3) is 5.91 Å². The van der Waals surface area contributed by atoms with Crippen LogP contribution in [0.25, 0.3) is 0 Å². The van der Waals surface area contributed by atoms with E-state index >= 15 is 0 Å². The van der Waals surface area contributed by atoms with E-state index in [-0.39, 0.29) is 5.91 Å². The van der Waals surface area contributed by atoms with Gasteiger partial charge in [0.05, 0.1) is 6.20 Å². The maximum atomic E-state index is 11.7. The number of aromatic nitrogens is 1. The Hall–Kier alpha value is -1.33. The standard InChI is InChI=1S/C12H17ClN2O3/c1-9(12(16)14-6-3-7-17-2)18-10-4-5-11(13)15-8-10/h4-5,8-9H,3,6-7H2,1-2H3,(H,14,16). The van der Waals surface area contributed by atoms with Gasteiger partial charge in [-0.2, -0.15) is 0 Å². The quantitative estimate of drug-likeness (QED) is 0.606. The molecule has 1 aromatic rings. The minimum atomic E-state index is -0.574. The van der Waals surface area contributed by atoms with E-state index in [4.69, 9.17) is 21.1 Å². The molecule has 0 bridgehead atoms. The molecule has 1 atom stereocenters. The first kappa shape index (κ1) is 14.7. The molecule has 1 heterocycles. The summed E-state index contributed by atoms with van der Waals surface area (Å²) < 4.78 is 10.3. The Balaban J connectivity index is 2.33. The Morgan fingerprint density at radius 1 is 1.56 bits per heavy atom. The lowest BCUT2D eigenvalue weighted by molar-refractivity contribution is -0.127. The first-order chi connectivity index (χ1) is 8.63. The fourth-order valence-electron chi connectivity index (χ4n) is 1.26. The monoisotopic (exact) mass is 272 g/mol. The molecule has 0 aliphatic carbocycles. The number of carbonyl (C=O) groups excluding carboxylic acids is 1. The molecule has 0 radical (unpaired) electrons. The van der Waals surface area contributed by atoms with Crippen LogP contribution in [0.1, 0.15) is 13.3 Å². The summed E-state index contributed by atoms with van der Waals surface area (Å²) in [6, 6.07) is 3.28. The predicted molar refractivity (Wildman–Crippen MR) is 68.8 cm³/mol. The minimum absolute atomic E-state index is 0.166. The Labute approximate surface area is 111 Å². The van der Waals surface area contributed by atoms with Crippen molar-refractivity contribution in [2.24, 2.45) is 0 Å². The Morgan fingerprint density at radius 2 is 2.33 bits per heavy atom. The summed E-state index contributed by atoms with van der Waals surface area (Å²) in [6.07, 6.45) is 1.68. The van der Waals surface area contributed by atoms with Crippen LogP contribution in [-0.2, 0) is 9.53 Å². The Kier molecular flexibility index (Phi) is 6.46. The molecule has 0 saturated heterocycles. The molecular formula is C12H17ClN2O3. The van der Waals surface area contributed by atoms with E-state index in [2.05, 4.69) is 10.3 Å². The first-order valence-electron chi connectivity index (χ1n) is 5.68. The zero-order valence-electron chi connectivity index (χ0n) is 10.5. The van der Waals surface area contributed by atoms with E-state index in [1.54, 1.807) is 26.2 Å². The molecule has 0 saturated carbocycles. The number of ether oxygens (including phenoxy) is 2. The van der Waals surface area contributed by atoms with Crippen molar-refractivity contribution in [3.63, 3.8) is 0 Å². The zero-order valence-corrected chi connectivity index (χ0v) is 11.2. The number of pyridine rings is 1. The number of hydrogen-bond acceptors (Lipinski definition) is 4. The van der Waals surface area contributed by atoms with Gasteiger partial charge in [0.2, 0.25) is 0 Å². The SMILES string of the molecule is COCCCNC(=O)C(C)Oc1ccc(Cl)nc1. The number of hydrogen-bond donors (Lipinski definition) is 1. The molecule has 1 aromatic heterocycles. The molecular weight excluding hydrogens is 256 g/mol. The van der Waals surface area contributed by atoms with Crippen LogP contribution in [0, 0.1) is 0 Å². The second-order valence-corrected chi connectivity index (χ2v) is 4.10. The van der Waals surface area contributed by atoms with Crippen molar-refractivity contribution < 1.29 is 14.3 Å². The van der Waals surface area contributed by atoms with E-state index in [9.17, 15) is 4.79 Å². The second-order valence-electron chi connectivity index (χ2n) is 3.71. The van der Waals surface area contributed by atoms with Crippen molar-refractivity contribution in [3.05, 3.63) is 23.5 Å². The molecule has 0 aromatic carbocycles. The van der Waals surface area contributed by atoms with Crippen LogP contribution in [-0.4, -0.2) is 37.3 Å². The fraction of sp³-hybridized carbons (Fsp3) is 0.500. The first-order valence-corrected chi connectivity index (χ1v) is 6.06. The number of nitrogens with one attached hydrogen (secondary N) is 1. The molecule has 0 aliphatic rings. The molecule has 1 unspecified atom stereocenters. The maximum absolute atomic E-state index is 11.7. The summed E-state index contributed by atoms with van der Waals surface area (Å²) in [5.74, 6) is 0.347. The summed E-state index contributed by atoms with van der Waals surface area (Å²) >= 11 is 5.65. The van der Waals surface area contributed by atoms with Gasteiger partial charge in [-0.25, -0.2) is 4.98 Å². The van der Waals surface area contributed by atoms with E-state index < -0.39 is 6.10 Å². The molecule has 0 spiro atoms. The highest BCUT2D eigenvalue weighted by Crippen LogP contribution is 2.13. The van der Waals surface area contributed by atoms with Crippen molar-refractivity contribution in [1.82, 2.24) is 10.3 Å². The molecule has 18 heavy (non-hydrogen) atoms. The number of rotatable bonds is 7. The number of amides is 1. The third kappa shape index (κ3) is 5.33. The lowest BCUT2D eigenvalue weighted by Gasteiger charge is -2.14. The van der Waals surface area contributed by atoms with Crippen molar-refractivity contribution >= 4 is 17.5 Å². The van der Waals surface area contributed by atoms with Crippen LogP contribution in [0.2, 0.25) is 5.15 Å². The van der Waals surface area contributed by atoms with Gasteiger partial charge in [0, 0.05) is 20.3 Å². The van der Waals surface area contributed by atoms with Gasteiger partial charge in [0.1, 0.15) is 10.9 Å². The number of halogens is 1. The molecule has 5 nitrogen and oxygen atoms in total. The molecule has 0 fully saturated rings. The Bertz CT molecular complexity index is 370. The summed E-state index contributed by atoms with van der Waals surface area (Å²) in [6.45, 7) is 2.87. The van der Waals surface area contributed by atoms with Crippen LogP contribution in [0.3, 0.4) is 0 Å². The molecule has 1 amide bonds. The summed E-state index contributed by atoms with van der Waals surface area (Å²) in [5, 5.41) is 3.15. The fourth-order valence-corrected chi connectivity index (χ4v) is 1.37. The van der Waals surface area contributed by atoms with Gasteiger partial charge in [-0.15, -0.1) is 0 Å². The zero-order chi connectivity index (χ0) is 13.4. The Morgan fingerprint density at radius 3 is 2.94 bits per heavy atom. The maximum Gasteiger partial charge on any atom is 0.260 e. The lowest BCUT2D eigenvalue weighted by Crippen LogP contribution is -2.37. The number of nitrogens with zero attached hydrogens (tertiary/aromatic N) is 1. The van der Waals surface area contributed by atoms with Crippen LogP contribution in [0.15, 0.2) is 18.3 Å². The van der Waals surface area contributed by atoms with Gasteiger partial charge in [-0.3, -0.25) is 4.79 Å². The normalized spacial score (nSPS) is 11.9.